The van der Waals surface area contributed by atoms with Crippen molar-refractivity contribution in [3.8, 4) is 0 Å². The normalized spacial score (nSPS) is 11.0. The van der Waals surface area contributed by atoms with E-state index in [0.29, 0.717) is 0 Å². The number of hydrogen-bond donors (Lipinski definition) is 1. The highest BCUT2D eigenvalue weighted by Crippen LogP contribution is 2.21. The SMILES string of the molecule is CCSCc1cc2c(C)cccc2[nH]1. The highest BCUT2D eigenvalue weighted by Gasteiger charge is 2.01. The van der Waals surface area contributed by atoms with Gasteiger partial charge in [0.15, 0.2) is 0 Å². The van der Waals surface area contributed by atoms with Gasteiger partial charge in [-0.3, -0.25) is 0 Å². The first kappa shape index (κ1) is 9.66. The molecule has 0 amide bonds. The molecule has 1 aromatic carbocycles. The van der Waals surface area contributed by atoms with E-state index in [-0.39, 0.29) is 0 Å². The van der Waals surface area contributed by atoms with Crippen LogP contribution in [0.4, 0.5) is 0 Å². The van der Waals surface area contributed by atoms with Crippen LogP contribution in [0.15, 0.2) is 24.3 Å². The zero-order valence-corrected chi connectivity index (χ0v) is 9.45. The third-order valence-electron chi connectivity index (χ3n) is 2.40. The third kappa shape index (κ3) is 1.80. The molecule has 2 rings (SSSR count). The third-order valence-corrected chi connectivity index (χ3v) is 3.32. The smallest absolute Gasteiger partial charge is 0.0458 e. The molecule has 0 saturated carbocycles. The van der Waals surface area contributed by atoms with Crippen molar-refractivity contribution < 1.29 is 0 Å². The zero-order chi connectivity index (χ0) is 9.97. The molecule has 0 unspecified atom stereocenters. The first-order valence-electron chi connectivity index (χ1n) is 4.96. The number of benzene rings is 1. The van der Waals surface area contributed by atoms with Gasteiger partial charge in [0.1, 0.15) is 0 Å². The minimum Gasteiger partial charge on any atom is -0.358 e. The van der Waals surface area contributed by atoms with Gasteiger partial charge in [-0.15, -0.1) is 0 Å². The molecule has 2 heteroatoms. The lowest BCUT2D eigenvalue weighted by molar-refractivity contribution is 1.26. The Labute approximate surface area is 88.9 Å². The predicted molar refractivity (Wildman–Crippen MR) is 64.9 cm³/mol. The van der Waals surface area contributed by atoms with Gasteiger partial charge < -0.3 is 4.98 Å². The molecule has 0 bridgehead atoms. The predicted octanol–water partition coefficient (Wildman–Crippen LogP) is 3.73. The first-order valence-corrected chi connectivity index (χ1v) is 6.11. The first-order chi connectivity index (χ1) is 6.81. The van der Waals surface area contributed by atoms with Crippen molar-refractivity contribution in [1.82, 2.24) is 4.98 Å². The number of nitrogens with one attached hydrogen (secondary N) is 1. The molecule has 1 aromatic heterocycles. The fourth-order valence-electron chi connectivity index (χ4n) is 1.65. The van der Waals surface area contributed by atoms with E-state index in [2.05, 4.69) is 43.1 Å². The molecule has 74 valence electrons. The van der Waals surface area contributed by atoms with E-state index in [1.54, 1.807) is 0 Å². The average molecular weight is 205 g/mol. The number of aromatic amines is 1. The van der Waals surface area contributed by atoms with Crippen LogP contribution in [0, 0.1) is 6.92 Å². The molecule has 0 saturated heterocycles. The quantitative estimate of drug-likeness (QED) is 0.807. The Hall–Kier alpha value is -0.890. The monoisotopic (exact) mass is 205 g/mol. The molecular weight excluding hydrogens is 190 g/mol. The van der Waals surface area contributed by atoms with Gasteiger partial charge in [0.25, 0.3) is 0 Å². The number of hydrogen-bond acceptors (Lipinski definition) is 1. The largest absolute Gasteiger partial charge is 0.358 e. The van der Waals surface area contributed by atoms with Crippen LogP contribution in [0.5, 0.6) is 0 Å². The Morgan fingerprint density at radius 1 is 1.36 bits per heavy atom. The lowest BCUT2D eigenvalue weighted by atomic mass is 10.1. The van der Waals surface area contributed by atoms with Gasteiger partial charge in [-0.25, -0.2) is 0 Å². The fraction of sp³-hybridized carbons (Fsp3) is 0.333. The number of fused-ring (bicyclic) bond motifs is 1. The summed E-state index contributed by atoms with van der Waals surface area (Å²) in [5.74, 6) is 2.26. The minimum absolute atomic E-state index is 1.09. The summed E-state index contributed by atoms with van der Waals surface area (Å²) < 4.78 is 0. The molecular formula is C12H15NS. The van der Waals surface area contributed by atoms with Gasteiger partial charge >= 0.3 is 0 Å². The highest BCUT2D eigenvalue weighted by molar-refractivity contribution is 7.98. The molecule has 14 heavy (non-hydrogen) atoms. The number of H-pyrrole nitrogens is 1. The number of aromatic nitrogens is 1. The summed E-state index contributed by atoms with van der Waals surface area (Å²) in [5, 5.41) is 1.36. The Bertz CT molecular complexity index is 431. The summed E-state index contributed by atoms with van der Waals surface area (Å²) in [4.78, 5) is 3.45. The van der Waals surface area contributed by atoms with Crippen molar-refractivity contribution in [3.63, 3.8) is 0 Å². The molecule has 0 aliphatic rings. The van der Waals surface area contributed by atoms with Crippen LogP contribution in [0.3, 0.4) is 0 Å². The van der Waals surface area contributed by atoms with E-state index < -0.39 is 0 Å². The van der Waals surface area contributed by atoms with Gasteiger partial charge in [0.05, 0.1) is 0 Å². The van der Waals surface area contributed by atoms with Gasteiger partial charge in [-0.2, -0.15) is 11.8 Å². The molecule has 0 fully saturated rings. The number of aryl methyl sites for hydroxylation is 1. The lowest BCUT2D eigenvalue weighted by Crippen LogP contribution is -1.78. The summed E-state index contributed by atoms with van der Waals surface area (Å²) in [7, 11) is 0. The van der Waals surface area contributed by atoms with E-state index in [1.807, 2.05) is 11.8 Å². The Balaban J connectivity index is 2.36. The molecule has 0 aliphatic heterocycles. The van der Waals surface area contributed by atoms with Crippen molar-refractivity contribution in [2.24, 2.45) is 0 Å². The topological polar surface area (TPSA) is 15.8 Å². The molecule has 0 atom stereocenters. The van der Waals surface area contributed by atoms with Crippen molar-refractivity contribution in [2.45, 2.75) is 19.6 Å². The van der Waals surface area contributed by atoms with E-state index in [0.717, 1.165) is 5.75 Å². The van der Waals surface area contributed by atoms with Crippen LogP contribution in [-0.4, -0.2) is 10.7 Å². The molecule has 0 radical (unpaired) electrons. The molecule has 1 heterocycles. The highest BCUT2D eigenvalue weighted by atomic mass is 32.2. The molecule has 1 N–H and O–H groups in total. The summed E-state index contributed by atoms with van der Waals surface area (Å²) >= 11 is 1.95. The second-order valence-electron chi connectivity index (χ2n) is 3.47. The Kier molecular flexibility index (Phi) is 2.82. The van der Waals surface area contributed by atoms with E-state index in [9.17, 15) is 0 Å². The molecule has 1 nitrogen and oxygen atoms in total. The Morgan fingerprint density at radius 2 is 2.21 bits per heavy atom. The van der Waals surface area contributed by atoms with Crippen LogP contribution < -0.4 is 0 Å². The van der Waals surface area contributed by atoms with Gasteiger partial charge in [-0.1, -0.05) is 19.1 Å². The van der Waals surface area contributed by atoms with Crippen LogP contribution in [0.25, 0.3) is 10.9 Å². The van der Waals surface area contributed by atoms with Crippen LogP contribution in [-0.2, 0) is 5.75 Å². The van der Waals surface area contributed by atoms with E-state index in [1.165, 1.54) is 27.9 Å². The number of rotatable bonds is 3. The van der Waals surface area contributed by atoms with Crippen molar-refractivity contribution in [2.75, 3.05) is 5.75 Å². The van der Waals surface area contributed by atoms with Crippen LogP contribution in [0.1, 0.15) is 18.2 Å². The van der Waals surface area contributed by atoms with Gasteiger partial charge in [0, 0.05) is 22.3 Å². The standard InChI is InChI=1S/C12H15NS/c1-3-14-8-10-7-11-9(2)5-4-6-12(11)13-10/h4-7,13H,3,8H2,1-2H3. The maximum Gasteiger partial charge on any atom is 0.0458 e. The average Bonchev–Trinajstić information content (AvgIpc) is 2.59. The van der Waals surface area contributed by atoms with E-state index >= 15 is 0 Å². The van der Waals surface area contributed by atoms with Crippen molar-refractivity contribution >= 4 is 22.7 Å². The molecule has 0 aliphatic carbocycles. The fourth-order valence-corrected chi connectivity index (χ4v) is 2.23. The summed E-state index contributed by atoms with van der Waals surface area (Å²) in [6.07, 6.45) is 0. The molecule has 0 spiro atoms. The zero-order valence-electron chi connectivity index (χ0n) is 8.63. The van der Waals surface area contributed by atoms with Crippen molar-refractivity contribution in [1.29, 1.82) is 0 Å². The second kappa shape index (κ2) is 4.09. The minimum atomic E-state index is 1.09. The second-order valence-corrected chi connectivity index (χ2v) is 4.74. The van der Waals surface area contributed by atoms with Crippen LogP contribution >= 0.6 is 11.8 Å². The van der Waals surface area contributed by atoms with Crippen molar-refractivity contribution in [3.05, 3.63) is 35.5 Å². The summed E-state index contributed by atoms with van der Waals surface area (Å²) in [5.41, 5.74) is 3.95. The summed E-state index contributed by atoms with van der Waals surface area (Å²) in [6.45, 7) is 4.35. The maximum atomic E-state index is 3.45. The number of thioether (sulfide) groups is 1. The van der Waals surface area contributed by atoms with Gasteiger partial charge in [-0.05, 0) is 30.4 Å². The lowest BCUT2D eigenvalue weighted by Gasteiger charge is -1.92. The summed E-state index contributed by atoms with van der Waals surface area (Å²) in [6, 6.07) is 8.67. The van der Waals surface area contributed by atoms with Gasteiger partial charge in [0.2, 0.25) is 0 Å². The van der Waals surface area contributed by atoms with Crippen LogP contribution in [0.2, 0.25) is 0 Å². The van der Waals surface area contributed by atoms with E-state index in [4.69, 9.17) is 0 Å². The Morgan fingerprint density at radius 3 is 2.93 bits per heavy atom. The molecule has 2 aromatic rings. The maximum absolute atomic E-state index is 3.45.